The summed E-state index contributed by atoms with van der Waals surface area (Å²) in [6, 6.07) is 24.8. The summed E-state index contributed by atoms with van der Waals surface area (Å²) in [5, 5.41) is 6.77. The van der Waals surface area contributed by atoms with Gasteiger partial charge in [0.15, 0.2) is 0 Å². The van der Waals surface area contributed by atoms with E-state index in [1.54, 1.807) is 0 Å². The number of benzene rings is 3. The van der Waals surface area contributed by atoms with E-state index < -0.39 is 0 Å². The zero-order chi connectivity index (χ0) is 13.6. The third kappa shape index (κ3) is 2.86. The van der Waals surface area contributed by atoms with Crippen molar-refractivity contribution in [1.82, 2.24) is 5.43 Å². The van der Waals surface area contributed by atoms with Crippen molar-refractivity contribution in [3.05, 3.63) is 83.9 Å². The topological polar surface area (TPSA) is 24.4 Å². The van der Waals surface area contributed by atoms with Gasteiger partial charge in [0.05, 0.1) is 12.8 Å². The standard InChI is InChI=1S/C18H16N2/c1-2-7-15(8-3-1)13-19-20-14-17-11-6-10-16-9-4-5-12-18(16)17/h1-12,14,19H,13H2. The number of fused-ring (bicyclic) bond motifs is 1. The van der Waals surface area contributed by atoms with Crippen LogP contribution in [0.4, 0.5) is 0 Å². The summed E-state index contributed by atoms with van der Waals surface area (Å²) in [6.07, 6.45) is 1.88. The average molecular weight is 260 g/mol. The summed E-state index contributed by atoms with van der Waals surface area (Å²) in [4.78, 5) is 0. The molecule has 0 aromatic heterocycles. The van der Waals surface area contributed by atoms with Gasteiger partial charge in [-0.2, -0.15) is 5.10 Å². The van der Waals surface area contributed by atoms with Gasteiger partial charge in [-0.05, 0) is 16.3 Å². The Labute approximate surface area is 118 Å². The van der Waals surface area contributed by atoms with E-state index in [0.29, 0.717) is 0 Å². The highest BCUT2D eigenvalue weighted by molar-refractivity contribution is 5.99. The fourth-order valence-electron chi connectivity index (χ4n) is 2.21. The molecular formula is C18H16N2. The Hall–Kier alpha value is -2.61. The van der Waals surface area contributed by atoms with Gasteiger partial charge in [0.2, 0.25) is 0 Å². The second-order valence-electron chi connectivity index (χ2n) is 4.65. The molecule has 0 atom stereocenters. The van der Waals surface area contributed by atoms with Gasteiger partial charge >= 0.3 is 0 Å². The van der Waals surface area contributed by atoms with Crippen molar-refractivity contribution < 1.29 is 0 Å². The SMILES string of the molecule is C(=NNCc1ccccc1)c1cccc2ccccc12. The second-order valence-corrected chi connectivity index (χ2v) is 4.65. The van der Waals surface area contributed by atoms with E-state index in [-0.39, 0.29) is 0 Å². The van der Waals surface area contributed by atoms with Crippen molar-refractivity contribution in [2.75, 3.05) is 0 Å². The van der Waals surface area contributed by atoms with E-state index in [1.165, 1.54) is 16.3 Å². The van der Waals surface area contributed by atoms with Gasteiger partial charge < -0.3 is 5.43 Å². The summed E-state index contributed by atoms with van der Waals surface area (Å²) >= 11 is 0. The van der Waals surface area contributed by atoms with E-state index in [9.17, 15) is 0 Å². The van der Waals surface area contributed by atoms with E-state index in [2.05, 4.69) is 65.1 Å². The Morgan fingerprint density at radius 2 is 1.55 bits per heavy atom. The van der Waals surface area contributed by atoms with Crippen molar-refractivity contribution in [1.29, 1.82) is 0 Å². The molecule has 1 N–H and O–H groups in total. The lowest BCUT2D eigenvalue weighted by atomic mass is 10.1. The number of nitrogens with zero attached hydrogens (tertiary/aromatic N) is 1. The number of rotatable bonds is 4. The van der Waals surface area contributed by atoms with Crippen LogP contribution in [0.25, 0.3) is 10.8 Å². The number of nitrogens with one attached hydrogen (secondary N) is 1. The molecule has 0 heterocycles. The Morgan fingerprint density at radius 3 is 2.45 bits per heavy atom. The van der Waals surface area contributed by atoms with E-state index in [4.69, 9.17) is 0 Å². The first-order valence-corrected chi connectivity index (χ1v) is 6.71. The molecule has 0 amide bonds. The van der Waals surface area contributed by atoms with Crippen LogP contribution >= 0.6 is 0 Å². The molecule has 0 bridgehead atoms. The van der Waals surface area contributed by atoms with Gasteiger partial charge in [-0.15, -0.1) is 0 Å². The van der Waals surface area contributed by atoms with Crippen LogP contribution in [-0.4, -0.2) is 6.21 Å². The molecule has 0 aliphatic carbocycles. The lowest BCUT2D eigenvalue weighted by molar-refractivity contribution is 0.748. The maximum absolute atomic E-state index is 4.31. The minimum Gasteiger partial charge on any atom is -0.306 e. The van der Waals surface area contributed by atoms with Crippen molar-refractivity contribution >= 4 is 17.0 Å². The third-order valence-corrected chi connectivity index (χ3v) is 3.24. The largest absolute Gasteiger partial charge is 0.306 e. The first-order valence-electron chi connectivity index (χ1n) is 6.71. The van der Waals surface area contributed by atoms with Crippen LogP contribution < -0.4 is 5.43 Å². The van der Waals surface area contributed by atoms with Crippen molar-refractivity contribution in [2.45, 2.75) is 6.54 Å². The minimum absolute atomic E-state index is 0.738. The first kappa shape index (κ1) is 12.4. The fourth-order valence-corrected chi connectivity index (χ4v) is 2.21. The highest BCUT2D eigenvalue weighted by atomic mass is 15.3. The monoisotopic (exact) mass is 260 g/mol. The fraction of sp³-hybridized carbons (Fsp3) is 0.0556. The highest BCUT2D eigenvalue weighted by Crippen LogP contribution is 2.16. The molecule has 3 aromatic rings. The highest BCUT2D eigenvalue weighted by Gasteiger charge is 1.96. The van der Waals surface area contributed by atoms with Crippen LogP contribution in [0.2, 0.25) is 0 Å². The Bertz CT molecular complexity index is 712. The minimum atomic E-state index is 0.738. The molecule has 0 unspecified atom stereocenters. The molecule has 20 heavy (non-hydrogen) atoms. The Kier molecular flexibility index (Phi) is 3.74. The number of hydrazone groups is 1. The predicted octanol–water partition coefficient (Wildman–Crippen LogP) is 3.96. The molecule has 98 valence electrons. The van der Waals surface area contributed by atoms with Crippen molar-refractivity contribution in [3.63, 3.8) is 0 Å². The van der Waals surface area contributed by atoms with E-state index in [0.717, 1.165) is 12.1 Å². The van der Waals surface area contributed by atoms with Gasteiger partial charge in [-0.3, -0.25) is 0 Å². The van der Waals surface area contributed by atoms with Crippen LogP contribution in [0.1, 0.15) is 11.1 Å². The van der Waals surface area contributed by atoms with Gasteiger partial charge in [-0.25, -0.2) is 0 Å². The molecule has 2 nitrogen and oxygen atoms in total. The summed E-state index contributed by atoms with van der Waals surface area (Å²) < 4.78 is 0. The molecule has 0 aliphatic rings. The molecule has 2 heteroatoms. The first-order chi connectivity index (χ1) is 9.93. The van der Waals surface area contributed by atoms with Gasteiger partial charge in [0, 0.05) is 5.56 Å². The van der Waals surface area contributed by atoms with Gasteiger partial charge in [-0.1, -0.05) is 72.8 Å². The van der Waals surface area contributed by atoms with E-state index >= 15 is 0 Å². The summed E-state index contributed by atoms with van der Waals surface area (Å²) in [5.41, 5.74) is 5.44. The smallest absolute Gasteiger partial charge is 0.0580 e. The lowest BCUT2D eigenvalue weighted by Crippen LogP contribution is -2.05. The molecule has 0 spiro atoms. The Morgan fingerprint density at radius 1 is 0.800 bits per heavy atom. The maximum atomic E-state index is 4.31. The van der Waals surface area contributed by atoms with Crippen LogP contribution in [0.3, 0.4) is 0 Å². The maximum Gasteiger partial charge on any atom is 0.0580 e. The number of hydrogen-bond donors (Lipinski definition) is 1. The quantitative estimate of drug-likeness (QED) is 0.557. The van der Waals surface area contributed by atoms with Crippen LogP contribution in [0, 0.1) is 0 Å². The Balaban J connectivity index is 1.72. The van der Waals surface area contributed by atoms with Crippen LogP contribution in [0.5, 0.6) is 0 Å². The van der Waals surface area contributed by atoms with Crippen molar-refractivity contribution in [3.8, 4) is 0 Å². The average Bonchev–Trinajstić information content (AvgIpc) is 2.53. The van der Waals surface area contributed by atoms with Crippen molar-refractivity contribution in [2.24, 2.45) is 5.10 Å². The molecule has 0 radical (unpaired) electrons. The third-order valence-electron chi connectivity index (χ3n) is 3.24. The molecule has 3 aromatic carbocycles. The zero-order valence-electron chi connectivity index (χ0n) is 11.2. The summed E-state index contributed by atoms with van der Waals surface area (Å²) in [7, 11) is 0. The zero-order valence-corrected chi connectivity index (χ0v) is 11.2. The van der Waals surface area contributed by atoms with E-state index in [1.807, 2.05) is 24.4 Å². The molecule has 0 aliphatic heterocycles. The molecule has 0 saturated carbocycles. The molecule has 3 rings (SSSR count). The molecular weight excluding hydrogens is 244 g/mol. The second kappa shape index (κ2) is 6.02. The van der Waals surface area contributed by atoms with Gasteiger partial charge in [0.1, 0.15) is 0 Å². The summed E-state index contributed by atoms with van der Waals surface area (Å²) in [5.74, 6) is 0. The lowest BCUT2D eigenvalue weighted by Gasteiger charge is -2.02. The number of hydrogen-bond acceptors (Lipinski definition) is 2. The molecule has 0 fully saturated rings. The van der Waals surface area contributed by atoms with Gasteiger partial charge in [0.25, 0.3) is 0 Å². The van der Waals surface area contributed by atoms with Crippen LogP contribution in [-0.2, 0) is 6.54 Å². The predicted molar refractivity (Wildman–Crippen MR) is 84.8 cm³/mol. The normalized spacial score (nSPS) is 11.0. The van der Waals surface area contributed by atoms with Crippen LogP contribution in [0.15, 0.2) is 77.9 Å². The molecule has 0 saturated heterocycles. The summed E-state index contributed by atoms with van der Waals surface area (Å²) in [6.45, 7) is 0.738.